The van der Waals surface area contributed by atoms with Gasteiger partial charge in [-0.1, -0.05) is 70.4 Å². The van der Waals surface area contributed by atoms with E-state index in [1.54, 1.807) is 30.1 Å². The van der Waals surface area contributed by atoms with E-state index in [0.29, 0.717) is 31.2 Å². The highest BCUT2D eigenvalue weighted by Gasteiger charge is 2.13. The topological polar surface area (TPSA) is 76.8 Å². The fourth-order valence-corrected chi connectivity index (χ4v) is 5.39. The molecule has 0 aliphatic carbocycles. The Bertz CT molecular complexity index is 1120. The number of carbonyl (C=O) groups excluding carboxylic acids is 1. The molecule has 7 nitrogen and oxygen atoms in total. The van der Waals surface area contributed by atoms with Gasteiger partial charge in [-0.2, -0.15) is 0 Å². The van der Waals surface area contributed by atoms with E-state index in [0.717, 1.165) is 36.3 Å². The second-order valence-electron chi connectivity index (χ2n) is 10.2. The second-order valence-corrected chi connectivity index (χ2v) is 11.1. The molecule has 0 atom stereocenters. The highest BCUT2D eigenvalue weighted by molar-refractivity contribution is 7.98. The highest BCUT2D eigenvalue weighted by Crippen LogP contribution is 2.18. The first kappa shape index (κ1) is 34.4. The first-order chi connectivity index (χ1) is 20.0. The van der Waals surface area contributed by atoms with Crippen molar-refractivity contribution >= 4 is 24.4 Å². The number of unbranched alkanes of at least 4 members (excludes halogenated alkanes) is 8. The lowest BCUT2D eigenvalue weighted by atomic mass is 10.1. The number of carbonyl (C=O) groups is 1. The Kier molecular flexibility index (Phi) is 17.6. The smallest absolute Gasteiger partial charge is 0.347 e. The van der Waals surface area contributed by atoms with Gasteiger partial charge in [0.1, 0.15) is 5.82 Å². The lowest BCUT2D eigenvalue weighted by Crippen LogP contribution is -2.25. The van der Waals surface area contributed by atoms with E-state index in [2.05, 4.69) is 28.5 Å². The summed E-state index contributed by atoms with van der Waals surface area (Å²) in [6.45, 7) is 9.79. The Morgan fingerprint density at radius 3 is 2.41 bits per heavy atom. The van der Waals surface area contributed by atoms with Crippen molar-refractivity contribution in [3.05, 3.63) is 75.9 Å². The molecule has 1 aromatic heterocycles. The zero-order chi connectivity index (χ0) is 29.7. The third-order valence-electron chi connectivity index (χ3n) is 6.73. The van der Waals surface area contributed by atoms with Crippen LogP contribution in [0.15, 0.2) is 58.2 Å². The summed E-state index contributed by atoms with van der Waals surface area (Å²) in [5.41, 5.74) is 1.94. The molecular weight excluding hydrogens is 539 g/mol. The predicted octanol–water partition coefficient (Wildman–Crippen LogP) is 6.80. The largest absolute Gasteiger partial charge is 0.380 e. The van der Waals surface area contributed by atoms with Gasteiger partial charge in [0.2, 0.25) is 0 Å². The molecule has 2 aromatic rings. The third kappa shape index (κ3) is 14.6. The summed E-state index contributed by atoms with van der Waals surface area (Å²) in [6, 6.07) is 6.55. The summed E-state index contributed by atoms with van der Waals surface area (Å²) in [5, 5.41) is 0. The Balaban J connectivity index is 2.08. The van der Waals surface area contributed by atoms with E-state index in [4.69, 9.17) is 4.74 Å². The highest BCUT2D eigenvalue weighted by atomic mass is 32.2. The maximum Gasteiger partial charge on any atom is 0.347 e. The van der Waals surface area contributed by atoms with Gasteiger partial charge in [0.05, 0.1) is 19.0 Å². The van der Waals surface area contributed by atoms with Gasteiger partial charge in [0, 0.05) is 49.5 Å². The van der Waals surface area contributed by atoms with Crippen LogP contribution in [0.5, 0.6) is 0 Å². The number of hydrogen-bond acceptors (Lipinski definition) is 6. The number of aliphatic imine (C=N–C) groups is 1. The molecule has 0 unspecified atom stereocenters. The molecule has 0 spiro atoms. The number of amides is 1. The minimum Gasteiger partial charge on any atom is -0.380 e. The number of halogens is 1. The van der Waals surface area contributed by atoms with E-state index in [-0.39, 0.29) is 17.9 Å². The van der Waals surface area contributed by atoms with Crippen LogP contribution in [0.3, 0.4) is 0 Å². The van der Waals surface area contributed by atoms with Gasteiger partial charge in [-0.15, -0.1) is 11.8 Å². The molecule has 0 N–H and O–H groups in total. The molecule has 1 aromatic carbocycles. The van der Waals surface area contributed by atoms with Gasteiger partial charge in [-0.05, 0) is 43.3 Å². The predicted molar refractivity (Wildman–Crippen MR) is 168 cm³/mol. The summed E-state index contributed by atoms with van der Waals surface area (Å²) in [7, 11) is 0. The molecule has 0 radical (unpaired) electrons. The molecule has 2 rings (SSSR count). The molecule has 41 heavy (non-hydrogen) atoms. The molecule has 0 aliphatic rings. The zero-order valence-electron chi connectivity index (χ0n) is 24.9. The number of nitrogens with zero attached hydrogens (tertiary/aromatic N) is 4. The van der Waals surface area contributed by atoms with Gasteiger partial charge in [-0.3, -0.25) is 9.36 Å². The number of ether oxygens (including phenoxy) is 1. The lowest BCUT2D eigenvalue weighted by Gasteiger charge is -2.22. The SMILES string of the molecule is C=NC(=O)/C(=C\N(CCCCCCCCCCC)CSCc1ccc(F)cc1)Cc1cnc(=O)n(CCOCC)c1. The zero-order valence-corrected chi connectivity index (χ0v) is 25.7. The van der Waals surface area contributed by atoms with Crippen molar-refractivity contribution in [3.63, 3.8) is 0 Å². The average molecular weight is 587 g/mol. The number of hydrogen-bond donors (Lipinski definition) is 0. The molecule has 0 saturated heterocycles. The Labute approximate surface area is 249 Å². The van der Waals surface area contributed by atoms with Crippen molar-refractivity contribution in [1.82, 2.24) is 14.5 Å². The monoisotopic (exact) mass is 586 g/mol. The van der Waals surface area contributed by atoms with Crippen LogP contribution < -0.4 is 5.69 Å². The van der Waals surface area contributed by atoms with Crippen molar-refractivity contribution in [2.75, 3.05) is 25.6 Å². The Morgan fingerprint density at radius 1 is 1.07 bits per heavy atom. The summed E-state index contributed by atoms with van der Waals surface area (Å²) >= 11 is 1.71. The van der Waals surface area contributed by atoms with Crippen LogP contribution in [0.4, 0.5) is 4.39 Å². The summed E-state index contributed by atoms with van der Waals surface area (Å²) in [5.74, 6) is 0.777. The minimum absolute atomic E-state index is 0.243. The fourth-order valence-electron chi connectivity index (χ4n) is 4.43. The van der Waals surface area contributed by atoms with Crippen LogP contribution in [0.2, 0.25) is 0 Å². The molecule has 0 saturated carbocycles. The van der Waals surface area contributed by atoms with E-state index in [9.17, 15) is 14.0 Å². The standard InChI is InChI=1S/C32H47FN4O3S/c1-4-6-7-8-9-10-11-12-13-18-36(26-41-25-27-14-16-30(33)17-15-27)24-29(31(38)34-3)21-28-22-35-32(39)37(23-28)19-20-40-5-2/h14-17,22-24H,3-13,18-21,25-26H2,1-2H3/b29-24-. The van der Waals surface area contributed by atoms with Gasteiger partial charge in [-0.25, -0.2) is 19.2 Å². The normalized spacial score (nSPS) is 11.5. The van der Waals surface area contributed by atoms with Crippen molar-refractivity contribution < 1.29 is 13.9 Å². The number of benzene rings is 1. The molecular formula is C32H47FN4O3S. The number of thioether (sulfide) groups is 1. The summed E-state index contributed by atoms with van der Waals surface area (Å²) < 4.78 is 20.2. The number of aromatic nitrogens is 2. The van der Waals surface area contributed by atoms with E-state index in [1.165, 1.54) is 67.8 Å². The fraction of sp³-hybridized carbons (Fsp3) is 0.562. The lowest BCUT2D eigenvalue weighted by molar-refractivity contribution is -0.114. The third-order valence-corrected chi connectivity index (χ3v) is 7.78. The van der Waals surface area contributed by atoms with Crippen molar-refractivity contribution in [3.8, 4) is 0 Å². The Morgan fingerprint density at radius 2 is 1.76 bits per heavy atom. The average Bonchev–Trinajstić information content (AvgIpc) is 2.98. The van der Waals surface area contributed by atoms with Gasteiger partial charge < -0.3 is 9.64 Å². The molecule has 226 valence electrons. The first-order valence-electron chi connectivity index (χ1n) is 14.9. The quantitative estimate of drug-likeness (QED) is 0.0654. The minimum atomic E-state index is -0.391. The van der Waals surface area contributed by atoms with Gasteiger partial charge in [0.15, 0.2) is 0 Å². The van der Waals surface area contributed by atoms with Gasteiger partial charge >= 0.3 is 5.69 Å². The van der Waals surface area contributed by atoms with Crippen LogP contribution >= 0.6 is 11.8 Å². The van der Waals surface area contributed by atoms with Crippen LogP contribution in [0, 0.1) is 5.82 Å². The molecule has 1 heterocycles. The van der Waals surface area contributed by atoms with E-state index < -0.39 is 5.91 Å². The van der Waals surface area contributed by atoms with Crippen LogP contribution in [-0.2, 0) is 28.2 Å². The van der Waals surface area contributed by atoms with E-state index >= 15 is 0 Å². The van der Waals surface area contributed by atoms with Crippen molar-refractivity contribution in [1.29, 1.82) is 0 Å². The first-order valence-corrected chi connectivity index (χ1v) is 16.0. The Hall–Kier alpha value is -2.78. The van der Waals surface area contributed by atoms with Crippen LogP contribution in [0.25, 0.3) is 0 Å². The molecule has 0 fully saturated rings. The molecule has 0 aliphatic heterocycles. The second kappa shape index (κ2) is 21.0. The number of rotatable bonds is 22. The molecule has 9 heteroatoms. The van der Waals surface area contributed by atoms with Crippen LogP contribution in [-0.4, -0.2) is 52.7 Å². The van der Waals surface area contributed by atoms with Crippen LogP contribution in [0.1, 0.15) is 82.8 Å². The summed E-state index contributed by atoms with van der Waals surface area (Å²) in [4.78, 5) is 34.8. The molecule has 0 bridgehead atoms. The van der Waals surface area contributed by atoms with Crippen molar-refractivity contribution in [2.24, 2.45) is 4.99 Å². The van der Waals surface area contributed by atoms with E-state index in [1.807, 2.05) is 13.1 Å². The van der Waals surface area contributed by atoms with Crippen molar-refractivity contribution in [2.45, 2.75) is 90.4 Å². The maximum absolute atomic E-state index is 13.3. The molecule has 1 amide bonds. The maximum atomic E-state index is 13.3. The summed E-state index contributed by atoms with van der Waals surface area (Å²) in [6.07, 6.45) is 16.6. The van der Waals surface area contributed by atoms with Gasteiger partial charge in [0.25, 0.3) is 5.91 Å².